The van der Waals surface area contributed by atoms with Crippen molar-refractivity contribution in [1.29, 1.82) is 0 Å². The van der Waals surface area contributed by atoms with Gasteiger partial charge in [-0.1, -0.05) is 36.4 Å². The van der Waals surface area contributed by atoms with Gasteiger partial charge in [0, 0.05) is 18.2 Å². The molecule has 0 aliphatic rings. The number of carbonyl (C=O) groups is 2. The molecule has 0 aromatic heterocycles. The van der Waals surface area contributed by atoms with Crippen LogP contribution < -0.4 is 14.4 Å². The summed E-state index contributed by atoms with van der Waals surface area (Å²) in [5, 5.41) is 2.89. The molecule has 33 heavy (non-hydrogen) atoms. The van der Waals surface area contributed by atoms with Crippen molar-refractivity contribution < 1.29 is 22.7 Å². The number of hydrogen-bond acceptors (Lipinski definition) is 5. The summed E-state index contributed by atoms with van der Waals surface area (Å²) in [7, 11) is -2.31. The third-order valence-corrected chi connectivity index (χ3v) is 6.02. The number of anilines is 1. The Balaban J connectivity index is 2.39. The number of ether oxygens (including phenoxy) is 1. The molecule has 2 rings (SSSR count). The lowest BCUT2D eigenvalue weighted by atomic mass is 10.1. The van der Waals surface area contributed by atoms with E-state index in [1.165, 1.54) is 12.0 Å². The maximum atomic E-state index is 13.5. The summed E-state index contributed by atoms with van der Waals surface area (Å²) in [6.07, 6.45) is 1.04. The summed E-state index contributed by atoms with van der Waals surface area (Å²) in [5.74, 6) is -0.351. The number of methoxy groups -OCH3 is 1. The fourth-order valence-corrected chi connectivity index (χ4v) is 4.06. The number of benzene rings is 2. The van der Waals surface area contributed by atoms with Crippen LogP contribution in [0.3, 0.4) is 0 Å². The van der Waals surface area contributed by atoms with Gasteiger partial charge in [0.05, 0.1) is 19.1 Å². The lowest BCUT2D eigenvalue weighted by Gasteiger charge is -2.33. The van der Waals surface area contributed by atoms with Gasteiger partial charge in [0.25, 0.3) is 0 Å². The van der Waals surface area contributed by atoms with Crippen LogP contribution >= 0.6 is 0 Å². The van der Waals surface area contributed by atoms with Gasteiger partial charge in [0.2, 0.25) is 21.8 Å². The fraction of sp³-hybridized carbons (Fsp3) is 0.417. The van der Waals surface area contributed by atoms with E-state index in [-0.39, 0.29) is 12.5 Å². The highest BCUT2D eigenvalue weighted by molar-refractivity contribution is 7.92. The molecule has 0 spiro atoms. The standard InChI is InChI=1S/C24H33N3O5S/c1-18(23(29)25-24(2,3)4)26(16-19-11-8-7-9-12-19)22(28)17-27(33(6,30)31)20-13-10-14-21(15-20)32-5/h7-15,18H,16-17H2,1-6H3,(H,25,29)/t18-/m0/s1. The summed E-state index contributed by atoms with van der Waals surface area (Å²) in [6, 6.07) is 14.9. The van der Waals surface area contributed by atoms with E-state index in [2.05, 4.69) is 5.32 Å². The largest absolute Gasteiger partial charge is 0.497 e. The molecule has 0 bridgehead atoms. The molecule has 0 saturated heterocycles. The van der Waals surface area contributed by atoms with Crippen LogP contribution in [0.15, 0.2) is 54.6 Å². The van der Waals surface area contributed by atoms with Crippen LogP contribution in [0.25, 0.3) is 0 Å². The first-order valence-corrected chi connectivity index (χ1v) is 12.4. The molecule has 2 aromatic carbocycles. The summed E-state index contributed by atoms with van der Waals surface area (Å²) in [5.41, 5.74) is 0.650. The number of nitrogens with one attached hydrogen (secondary N) is 1. The van der Waals surface area contributed by atoms with Gasteiger partial charge in [-0.15, -0.1) is 0 Å². The zero-order valence-corrected chi connectivity index (χ0v) is 20.8. The van der Waals surface area contributed by atoms with E-state index in [1.807, 2.05) is 51.1 Å². The number of sulfonamides is 1. The van der Waals surface area contributed by atoms with Crippen molar-refractivity contribution in [1.82, 2.24) is 10.2 Å². The van der Waals surface area contributed by atoms with Crippen LogP contribution in [-0.2, 0) is 26.2 Å². The number of rotatable bonds is 9. The van der Waals surface area contributed by atoms with Crippen LogP contribution in [0, 0.1) is 0 Å². The molecule has 0 fully saturated rings. The number of carbonyl (C=O) groups excluding carboxylic acids is 2. The molecule has 2 aromatic rings. The van der Waals surface area contributed by atoms with Crippen LogP contribution in [0.1, 0.15) is 33.3 Å². The SMILES string of the molecule is COc1cccc(N(CC(=O)N(Cc2ccccc2)[C@@H](C)C(=O)NC(C)(C)C)S(C)(=O)=O)c1. The molecule has 1 N–H and O–H groups in total. The third kappa shape index (κ3) is 7.78. The van der Waals surface area contributed by atoms with Crippen molar-refractivity contribution >= 4 is 27.5 Å². The average Bonchev–Trinajstić information content (AvgIpc) is 2.74. The van der Waals surface area contributed by atoms with Crippen molar-refractivity contribution in [2.45, 2.75) is 45.8 Å². The molecule has 8 nitrogen and oxygen atoms in total. The predicted octanol–water partition coefficient (Wildman–Crippen LogP) is 2.79. The van der Waals surface area contributed by atoms with Gasteiger partial charge in [-0.2, -0.15) is 0 Å². The molecule has 0 heterocycles. The Morgan fingerprint density at radius 1 is 1.06 bits per heavy atom. The Hall–Kier alpha value is -3.07. The van der Waals surface area contributed by atoms with Gasteiger partial charge in [-0.05, 0) is 45.4 Å². The predicted molar refractivity (Wildman–Crippen MR) is 130 cm³/mol. The van der Waals surface area contributed by atoms with E-state index in [1.54, 1.807) is 31.2 Å². The molecule has 180 valence electrons. The van der Waals surface area contributed by atoms with Gasteiger partial charge in [-0.25, -0.2) is 8.42 Å². The Morgan fingerprint density at radius 3 is 2.24 bits per heavy atom. The third-order valence-electron chi connectivity index (χ3n) is 4.88. The van der Waals surface area contributed by atoms with Gasteiger partial charge in [0.1, 0.15) is 18.3 Å². The van der Waals surface area contributed by atoms with Gasteiger partial charge < -0.3 is 15.0 Å². The Bertz CT molecular complexity index is 1070. The lowest BCUT2D eigenvalue weighted by Crippen LogP contribution is -2.54. The van der Waals surface area contributed by atoms with E-state index in [0.717, 1.165) is 16.1 Å². The lowest BCUT2D eigenvalue weighted by molar-refractivity contribution is -0.140. The summed E-state index contributed by atoms with van der Waals surface area (Å²) < 4.78 is 31.4. The minimum Gasteiger partial charge on any atom is -0.497 e. The molecule has 0 aliphatic carbocycles. The zero-order valence-electron chi connectivity index (χ0n) is 20.0. The summed E-state index contributed by atoms with van der Waals surface area (Å²) >= 11 is 0. The minimum atomic E-state index is -3.79. The van der Waals surface area contributed by atoms with Crippen LogP contribution in [0.5, 0.6) is 5.75 Å². The second-order valence-electron chi connectivity index (χ2n) is 8.89. The van der Waals surface area contributed by atoms with Crippen LogP contribution in [-0.4, -0.2) is 56.6 Å². The Morgan fingerprint density at radius 2 is 1.70 bits per heavy atom. The van der Waals surface area contributed by atoms with Crippen molar-refractivity contribution in [3.8, 4) is 5.75 Å². The van der Waals surface area contributed by atoms with Crippen molar-refractivity contribution in [2.75, 3.05) is 24.2 Å². The van der Waals surface area contributed by atoms with Crippen molar-refractivity contribution in [3.63, 3.8) is 0 Å². The number of hydrogen-bond donors (Lipinski definition) is 1. The van der Waals surface area contributed by atoms with Crippen LogP contribution in [0.2, 0.25) is 0 Å². The molecular formula is C24H33N3O5S. The summed E-state index contributed by atoms with van der Waals surface area (Å²) in [6.45, 7) is 6.91. The average molecular weight is 476 g/mol. The summed E-state index contributed by atoms with van der Waals surface area (Å²) in [4.78, 5) is 27.7. The first kappa shape index (κ1) is 26.2. The highest BCUT2D eigenvalue weighted by Gasteiger charge is 2.31. The molecule has 0 radical (unpaired) electrons. The van der Waals surface area contributed by atoms with E-state index in [4.69, 9.17) is 4.74 Å². The zero-order chi connectivity index (χ0) is 24.8. The van der Waals surface area contributed by atoms with Crippen molar-refractivity contribution in [2.24, 2.45) is 0 Å². The van der Waals surface area contributed by atoms with Crippen molar-refractivity contribution in [3.05, 3.63) is 60.2 Å². The van der Waals surface area contributed by atoms with Gasteiger partial charge in [0.15, 0.2) is 0 Å². The monoisotopic (exact) mass is 475 g/mol. The molecular weight excluding hydrogens is 442 g/mol. The van der Waals surface area contributed by atoms with E-state index in [9.17, 15) is 18.0 Å². The van der Waals surface area contributed by atoms with E-state index < -0.39 is 34.1 Å². The maximum absolute atomic E-state index is 13.5. The highest BCUT2D eigenvalue weighted by Crippen LogP contribution is 2.23. The second kappa shape index (κ2) is 10.7. The maximum Gasteiger partial charge on any atom is 0.244 e. The van der Waals surface area contributed by atoms with Gasteiger partial charge >= 0.3 is 0 Å². The molecule has 1 atom stereocenters. The van der Waals surface area contributed by atoms with E-state index in [0.29, 0.717) is 11.4 Å². The Labute approximate surface area is 196 Å². The number of amides is 2. The molecule has 0 unspecified atom stereocenters. The normalized spacial score (nSPS) is 12.5. The van der Waals surface area contributed by atoms with Crippen LogP contribution in [0.4, 0.5) is 5.69 Å². The van der Waals surface area contributed by atoms with Gasteiger partial charge in [-0.3, -0.25) is 13.9 Å². The molecule has 0 saturated carbocycles. The smallest absolute Gasteiger partial charge is 0.244 e. The number of nitrogens with zero attached hydrogens (tertiary/aromatic N) is 2. The first-order valence-electron chi connectivity index (χ1n) is 10.6. The molecule has 2 amide bonds. The quantitative estimate of drug-likeness (QED) is 0.602. The van der Waals surface area contributed by atoms with E-state index >= 15 is 0 Å². The first-order chi connectivity index (χ1) is 15.3. The molecule has 9 heteroatoms. The highest BCUT2D eigenvalue weighted by atomic mass is 32.2. The Kier molecular flexibility index (Phi) is 8.49. The fourth-order valence-electron chi connectivity index (χ4n) is 3.22. The minimum absolute atomic E-state index is 0.161. The second-order valence-corrected chi connectivity index (χ2v) is 10.8. The molecule has 0 aliphatic heterocycles. The topological polar surface area (TPSA) is 96.0 Å².